The molecule has 50 heavy (non-hydrogen) atoms. The first-order valence-corrected chi connectivity index (χ1v) is 17.0. The summed E-state index contributed by atoms with van der Waals surface area (Å²) in [7, 11) is 0. The van der Waals surface area contributed by atoms with E-state index >= 15 is 0 Å². The molecule has 1 saturated heterocycles. The largest absolute Gasteiger partial charge is 0.334 e. The molecule has 6 N–H and O–H groups in total. The molecule has 3 heterocycles. The Morgan fingerprint density at radius 1 is 1.02 bits per heavy atom. The van der Waals surface area contributed by atoms with Crippen LogP contribution in [0.3, 0.4) is 0 Å². The molecule has 1 unspecified atom stereocenters. The van der Waals surface area contributed by atoms with Gasteiger partial charge in [-0.05, 0) is 116 Å². The maximum absolute atomic E-state index is 14.0. The number of piperazine rings is 1. The summed E-state index contributed by atoms with van der Waals surface area (Å²) in [5.41, 5.74) is 17.7. The summed E-state index contributed by atoms with van der Waals surface area (Å²) >= 11 is 0. The van der Waals surface area contributed by atoms with Gasteiger partial charge < -0.3 is 21.7 Å². The van der Waals surface area contributed by atoms with Gasteiger partial charge >= 0.3 is 0 Å². The lowest BCUT2D eigenvalue weighted by atomic mass is 9.81. The normalized spacial score (nSPS) is 19.7. The SMILES string of the molecule is Cc1cc(C(=O)N2CCNC(C)C2)ncc1-c1ccc(C[C@H](N)C(=O)N(c2ccc(-c3nnn[nH]3)cc2)C(=O)[C@H]2CC[C@H](CN)CC2)cc1.Cl. The molecule has 2 aromatic carbocycles. The second kappa shape index (κ2) is 16.4. The zero-order valence-corrected chi connectivity index (χ0v) is 29.2. The van der Waals surface area contributed by atoms with Crippen LogP contribution in [0.5, 0.6) is 0 Å². The molecular formula is C36H45ClN10O3. The zero-order valence-electron chi connectivity index (χ0n) is 28.4. The number of pyridine rings is 1. The molecule has 2 aliphatic rings. The molecular weight excluding hydrogens is 656 g/mol. The van der Waals surface area contributed by atoms with Gasteiger partial charge in [-0.15, -0.1) is 17.5 Å². The number of halogens is 1. The van der Waals surface area contributed by atoms with Gasteiger partial charge in [-0.3, -0.25) is 19.4 Å². The van der Waals surface area contributed by atoms with Crippen molar-refractivity contribution in [3.05, 3.63) is 77.6 Å². The number of anilines is 1. The van der Waals surface area contributed by atoms with E-state index < -0.39 is 11.9 Å². The predicted octanol–water partition coefficient (Wildman–Crippen LogP) is 3.29. The summed E-state index contributed by atoms with van der Waals surface area (Å²) in [5.74, 6) is -0.156. The second-order valence-corrected chi connectivity index (χ2v) is 13.3. The van der Waals surface area contributed by atoms with Crippen molar-refractivity contribution in [1.29, 1.82) is 0 Å². The number of nitrogens with two attached hydrogens (primary N) is 2. The minimum Gasteiger partial charge on any atom is -0.334 e. The van der Waals surface area contributed by atoms with Crippen molar-refractivity contribution < 1.29 is 14.4 Å². The topological polar surface area (TPSA) is 189 Å². The molecule has 2 atom stereocenters. The summed E-state index contributed by atoms with van der Waals surface area (Å²) in [5, 5.41) is 17.3. The molecule has 1 aliphatic carbocycles. The van der Waals surface area contributed by atoms with E-state index in [1.54, 1.807) is 30.5 Å². The Labute approximate surface area is 298 Å². The number of aryl methyl sites for hydroxylation is 1. The Balaban J connectivity index is 0.00000486. The molecule has 6 rings (SSSR count). The van der Waals surface area contributed by atoms with E-state index in [0.29, 0.717) is 55.6 Å². The number of H-pyrrole nitrogens is 1. The minimum absolute atomic E-state index is 0. The van der Waals surface area contributed by atoms with Crippen molar-refractivity contribution in [3.8, 4) is 22.5 Å². The van der Waals surface area contributed by atoms with E-state index in [-0.39, 0.29) is 42.6 Å². The number of rotatable bonds is 9. The fourth-order valence-corrected chi connectivity index (χ4v) is 6.82. The number of tetrazole rings is 1. The Morgan fingerprint density at radius 3 is 2.34 bits per heavy atom. The van der Waals surface area contributed by atoms with Crippen LogP contribution >= 0.6 is 12.4 Å². The summed E-state index contributed by atoms with van der Waals surface area (Å²) in [6, 6.07) is 15.9. The van der Waals surface area contributed by atoms with Crippen molar-refractivity contribution >= 4 is 35.8 Å². The van der Waals surface area contributed by atoms with E-state index in [9.17, 15) is 14.4 Å². The summed E-state index contributed by atoms with van der Waals surface area (Å²) in [4.78, 5) is 48.6. The van der Waals surface area contributed by atoms with Gasteiger partial charge in [-0.1, -0.05) is 24.3 Å². The van der Waals surface area contributed by atoms with Crippen molar-refractivity contribution in [3.63, 3.8) is 0 Å². The number of hydrogen-bond acceptors (Lipinski definition) is 10. The van der Waals surface area contributed by atoms with Gasteiger partial charge in [0.05, 0.1) is 11.7 Å². The number of nitrogens with one attached hydrogen (secondary N) is 2. The number of amides is 3. The highest BCUT2D eigenvalue weighted by Gasteiger charge is 2.35. The van der Waals surface area contributed by atoms with Crippen LogP contribution in [-0.2, 0) is 16.0 Å². The highest BCUT2D eigenvalue weighted by molar-refractivity contribution is 6.17. The Hall–Kier alpha value is -4.56. The van der Waals surface area contributed by atoms with Crippen LogP contribution in [0.1, 0.15) is 54.2 Å². The number of nitrogens with zero attached hydrogens (tertiary/aromatic N) is 6. The lowest BCUT2D eigenvalue weighted by Gasteiger charge is -2.32. The van der Waals surface area contributed by atoms with Crippen LogP contribution in [0.2, 0.25) is 0 Å². The average Bonchev–Trinajstić information content (AvgIpc) is 3.67. The monoisotopic (exact) mass is 700 g/mol. The van der Waals surface area contributed by atoms with Crippen molar-refractivity contribution in [2.75, 3.05) is 31.1 Å². The minimum atomic E-state index is -0.949. The highest BCUT2D eigenvalue weighted by Crippen LogP contribution is 2.32. The van der Waals surface area contributed by atoms with E-state index in [2.05, 4.69) is 37.8 Å². The van der Waals surface area contributed by atoms with Gasteiger partial charge in [0.25, 0.3) is 11.8 Å². The molecule has 3 amide bonds. The van der Waals surface area contributed by atoms with Gasteiger partial charge in [-0.2, -0.15) is 0 Å². The smallest absolute Gasteiger partial charge is 0.272 e. The van der Waals surface area contributed by atoms with Crippen LogP contribution in [-0.4, -0.2) is 86.5 Å². The fourth-order valence-electron chi connectivity index (χ4n) is 6.82. The number of imide groups is 1. The first-order chi connectivity index (χ1) is 23.7. The Bertz CT molecular complexity index is 1760. The zero-order chi connectivity index (χ0) is 34.5. The van der Waals surface area contributed by atoms with E-state index in [0.717, 1.165) is 47.2 Å². The molecule has 2 fully saturated rings. The Morgan fingerprint density at radius 2 is 1.72 bits per heavy atom. The number of carbonyl (C=O) groups excluding carboxylic acids is 3. The van der Waals surface area contributed by atoms with E-state index in [1.165, 1.54) is 4.90 Å². The molecule has 0 radical (unpaired) electrons. The third kappa shape index (κ3) is 8.24. The Kier molecular flexibility index (Phi) is 12.1. The molecule has 14 heteroatoms. The van der Waals surface area contributed by atoms with E-state index in [4.69, 9.17) is 11.5 Å². The second-order valence-electron chi connectivity index (χ2n) is 13.3. The lowest BCUT2D eigenvalue weighted by molar-refractivity contribution is -0.130. The van der Waals surface area contributed by atoms with Gasteiger partial charge in [0.2, 0.25) is 5.91 Å². The first-order valence-electron chi connectivity index (χ1n) is 17.0. The molecule has 2 aromatic heterocycles. The number of benzene rings is 2. The summed E-state index contributed by atoms with van der Waals surface area (Å²) in [6.07, 6.45) is 5.07. The van der Waals surface area contributed by atoms with Crippen molar-refractivity contribution in [2.45, 2.75) is 58.0 Å². The van der Waals surface area contributed by atoms with Crippen molar-refractivity contribution in [1.82, 2.24) is 35.8 Å². The highest BCUT2D eigenvalue weighted by atomic mass is 35.5. The maximum Gasteiger partial charge on any atom is 0.272 e. The predicted molar refractivity (Wildman–Crippen MR) is 193 cm³/mol. The third-order valence-electron chi connectivity index (χ3n) is 9.74. The standard InChI is InChI=1S/C36H44N10O3.ClH/c1-22-17-32(36(49)45-16-15-39-23(2)21-45)40-20-30(22)26-7-3-24(4-8-26)18-31(38)35(48)46(34(47)28-9-5-25(19-37)6-10-28)29-13-11-27(12-14-29)33-41-43-44-42-33;/h3-4,7-8,11-14,17,20,23,25,28,31,39H,5-6,9-10,15-16,18-19,21,37-38H2,1-2H3,(H,41,42,43,44);1H/t23?,25-,28-,31-;/m0./s1. The number of aromatic nitrogens is 5. The molecule has 1 aliphatic heterocycles. The van der Waals surface area contributed by atoms with Crippen LogP contribution < -0.4 is 21.7 Å². The maximum atomic E-state index is 14.0. The van der Waals surface area contributed by atoms with E-state index in [1.807, 2.05) is 42.2 Å². The van der Waals surface area contributed by atoms with Crippen molar-refractivity contribution in [2.24, 2.45) is 23.3 Å². The molecule has 264 valence electrons. The van der Waals surface area contributed by atoms with Gasteiger partial charge in [0.1, 0.15) is 5.69 Å². The third-order valence-corrected chi connectivity index (χ3v) is 9.74. The molecule has 0 bridgehead atoms. The van der Waals surface area contributed by atoms with Crippen LogP contribution in [0.4, 0.5) is 5.69 Å². The van der Waals surface area contributed by atoms with Gasteiger partial charge in [0.15, 0.2) is 5.82 Å². The number of aromatic amines is 1. The summed E-state index contributed by atoms with van der Waals surface area (Å²) in [6.45, 7) is 6.72. The quantitative estimate of drug-likeness (QED) is 0.202. The number of carbonyl (C=O) groups is 3. The molecule has 4 aromatic rings. The van der Waals surface area contributed by atoms with Crippen LogP contribution in [0, 0.1) is 18.8 Å². The first kappa shape index (κ1) is 36.7. The summed E-state index contributed by atoms with van der Waals surface area (Å²) < 4.78 is 0. The van der Waals surface area contributed by atoms with Gasteiger partial charge in [-0.25, -0.2) is 10.00 Å². The fraction of sp³-hybridized carbons (Fsp3) is 0.417. The average molecular weight is 701 g/mol. The molecule has 13 nitrogen and oxygen atoms in total. The van der Waals surface area contributed by atoms with Crippen LogP contribution in [0.25, 0.3) is 22.5 Å². The number of hydrogen-bond donors (Lipinski definition) is 4. The molecule has 1 saturated carbocycles. The molecule has 0 spiro atoms. The lowest BCUT2D eigenvalue weighted by Crippen LogP contribution is -2.51. The van der Waals surface area contributed by atoms with Gasteiger partial charge in [0, 0.05) is 48.9 Å². The van der Waals surface area contributed by atoms with Crippen LogP contribution in [0.15, 0.2) is 60.8 Å².